The zero-order chi connectivity index (χ0) is 23.2. The zero-order valence-corrected chi connectivity index (χ0v) is 21.8. The van der Waals surface area contributed by atoms with Crippen LogP contribution in [0.3, 0.4) is 0 Å². The number of carbonyl (C=O) groups is 1. The molecule has 4 rings (SSSR count). The Bertz CT molecular complexity index is 1140. The summed E-state index contributed by atoms with van der Waals surface area (Å²) in [6, 6.07) is 13.1. The van der Waals surface area contributed by atoms with E-state index < -0.39 is 0 Å². The molecule has 2 N–H and O–H groups in total. The van der Waals surface area contributed by atoms with Crippen molar-refractivity contribution < 1.29 is 9.18 Å². The van der Waals surface area contributed by atoms with Crippen LogP contribution in [0.1, 0.15) is 36.7 Å². The lowest BCUT2D eigenvalue weighted by molar-refractivity contribution is -0.117. The number of imidazole rings is 1. The van der Waals surface area contributed by atoms with Crippen molar-refractivity contribution in [3.05, 3.63) is 77.6 Å². The summed E-state index contributed by atoms with van der Waals surface area (Å²) >= 11 is 0. The number of benzene rings is 2. The van der Waals surface area contributed by atoms with Crippen molar-refractivity contribution in [1.29, 1.82) is 0 Å². The van der Waals surface area contributed by atoms with Gasteiger partial charge in [-0.15, -0.1) is 24.0 Å². The first-order chi connectivity index (χ1) is 16.0. The fraction of sp³-hybridized carbons (Fsp3) is 0.320. The number of aromatic nitrogens is 2. The number of aliphatic imine (C=N–C) groups is 1. The Labute approximate surface area is 216 Å². The molecule has 0 spiro atoms. The molecule has 7 nitrogen and oxygen atoms in total. The SMILES string of the molecule is CCNC(=NCc1ccc(-n2ccnc2C)c(F)c1)NCc1ccc(N2CCCC2=O)cc1.I. The minimum atomic E-state index is -0.307. The van der Waals surface area contributed by atoms with Crippen LogP contribution in [0.4, 0.5) is 10.1 Å². The third-order valence-corrected chi connectivity index (χ3v) is 5.64. The van der Waals surface area contributed by atoms with Crippen LogP contribution in [-0.4, -0.2) is 34.5 Å². The lowest BCUT2D eigenvalue weighted by Gasteiger charge is -2.16. The van der Waals surface area contributed by atoms with Crippen LogP contribution in [-0.2, 0) is 17.9 Å². The van der Waals surface area contributed by atoms with Crippen LogP contribution < -0.4 is 15.5 Å². The van der Waals surface area contributed by atoms with Crippen LogP contribution in [0.2, 0.25) is 0 Å². The highest BCUT2D eigenvalue weighted by Gasteiger charge is 2.21. The minimum absolute atomic E-state index is 0. The molecule has 1 aliphatic rings. The Kier molecular flexibility index (Phi) is 9.03. The van der Waals surface area contributed by atoms with E-state index in [-0.39, 0.29) is 35.7 Å². The summed E-state index contributed by atoms with van der Waals surface area (Å²) in [7, 11) is 0. The highest BCUT2D eigenvalue weighted by Crippen LogP contribution is 2.21. The number of halogens is 2. The van der Waals surface area contributed by atoms with Crippen molar-refractivity contribution in [3.8, 4) is 5.69 Å². The largest absolute Gasteiger partial charge is 0.357 e. The molecule has 1 amide bonds. The molecular formula is C25H30FIN6O. The van der Waals surface area contributed by atoms with Gasteiger partial charge in [0.2, 0.25) is 5.91 Å². The number of rotatable bonds is 7. The Hall–Kier alpha value is -2.95. The van der Waals surface area contributed by atoms with E-state index in [0.717, 1.165) is 42.1 Å². The lowest BCUT2D eigenvalue weighted by atomic mass is 10.2. The van der Waals surface area contributed by atoms with Gasteiger partial charge in [-0.1, -0.05) is 18.2 Å². The van der Waals surface area contributed by atoms with Crippen LogP contribution in [0.25, 0.3) is 5.69 Å². The molecule has 1 aliphatic heterocycles. The normalized spacial score (nSPS) is 13.7. The van der Waals surface area contributed by atoms with Gasteiger partial charge in [0.1, 0.15) is 11.6 Å². The van der Waals surface area contributed by atoms with Gasteiger partial charge in [0.15, 0.2) is 5.96 Å². The molecule has 2 heterocycles. The second-order valence-corrected chi connectivity index (χ2v) is 7.99. The van der Waals surface area contributed by atoms with Crippen LogP contribution in [0.15, 0.2) is 59.9 Å². The van der Waals surface area contributed by atoms with Crippen molar-refractivity contribution in [2.75, 3.05) is 18.0 Å². The van der Waals surface area contributed by atoms with Gasteiger partial charge in [-0.3, -0.25) is 4.79 Å². The standard InChI is InChI=1S/C25H29FN6O.HI/c1-3-27-25(29-16-19-6-9-21(10-7-19)32-13-4-5-24(32)33)30-17-20-8-11-23(22(26)15-20)31-14-12-28-18(31)2;/h6-12,14-15H,3-5,13,16-17H2,1-2H3,(H2,27,29,30);1H. The molecule has 34 heavy (non-hydrogen) atoms. The molecule has 0 unspecified atom stereocenters. The first-order valence-electron chi connectivity index (χ1n) is 11.3. The Morgan fingerprint density at radius 2 is 1.91 bits per heavy atom. The molecule has 3 aromatic rings. The minimum Gasteiger partial charge on any atom is -0.357 e. The number of guanidine groups is 1. The van der Waals surface area contributed by atoms with Crippen molar-refractivity contribution in [2.45, 2.75) is 39.8 Å². The molecule has 0 aliphatic carbocycles. The summed E-state index contributed by atoms with van der Waals surface area (Å²) in [6.07, 6.45) is 4.94. The van der Waals surface area contributed by atoms with Crippen molar-refractivity contribution in [3.63, 3.8) is 0 Å². The third-order valence-electron chi connectivity index (χ3n) is 5.64. The van der Waals surface area contributed by atoms with Crippen LogP contribution in [0.5, 0.6) is 0 Å². The quantitative estimate of drug-likeness (QED) is 0.250. The van der Waals surface area contributed by atoms with Gasteiger partial charge in [-0.2, -0.15) is 0 Å². The number of aryl methyl sites for hydroxylation is 1. The number of amides is 1. The second kappa shape index (κ2) is 12.0. The maximum absolute atomic E-state index is 14.7. The molecule has 0 atom stereocenters. The van der Waals surface area contributed by atoms with E-state index >= 15 is 0 Å². The summed E-state index contributed by atoms with van der Waals surface area (Å²) in [6.45, 7) is 6.29. The molecular weight excluding hydrogens is 546 g/mol. The summed E-state index contributed by atoms with van der Waals surface area (Å²) in [4.78, 5) is 22.5. The molecule has 1 fully saturated rings. The summed E-state index contributed by atoms with van der Waals surface area (Å²) in [5.74, 6) is 1.27. The average molecular weight is 576 g/mol. The van der Waals surface area contributed by atoms with Gasteiger partial charge >= 0.3 is 0 Å². The smallest absolute Gasteiger partial charge is 0.227 e. The van der Waals surface area contributed by atoms with E-state index in [9.17, 15) is 9.18 Å². The van der Waals surface area contributed by atoms with Gasteiger partial charge in [0.05, 0.1) is 12.2 Å². The van der Waals surface area contributed by atoms with Crippen molar-refractivity contribution >= 4 is 41.5 Å². The van der Waals surface area contributed by atoms with E-state index in [1.54, 1.807) is 23.0 Å². The Morgan fingerprint density at radius 3 is 2.53 bits per heavy atom. The molecule has 2 aromatic carbocycles. The van der Waals surface area contributed by atoms with E-state index in [4.69, 9.17) is 0 Å². The average Bonchev–Trinajstić information content (AvgIpc) is 3.44. The molecule has 9 heteroatoms. The summed E-state index contributed by atoms with van der Waals surface area (Å²) < 4.78 is 16.4. The highest BCUT2D eigenvalue weighted by molar-refractivity contribution is 14.0. The van der Waals surface area contributed by atoms with Gasteiger partial charge in [0, 0.05) is 44.1 Å². The Morgan fingerprint density at radius 1 is 1.15 bits per heavy atom. The molecule has 1 saturated heterocycles. The zero-order valence-electron chi connectivity index (χ0n) is 19.4. The molecule has 0 saturated carbocycles. The molecule has 180 valence electrons. The van der Waals surface area contributed by atoms with Crippen LogP contribution in [0, 0.1) is 12.7 Å². The highest BCUT2D eigenvalue weighted by atomic mass is 127. The third kappa shape index (κ3) is 6.13. The predicted molar refractivity (Wildman–Crippen MR) is 143 cm³/mol. The number of hydrogen-bond acceptors (Lipinski definition) is 3. The lowest BCUT2D eigenvalue weighted by Crippen LogP contribution is -2.36. The summed E-state index contributed by atoms with van der Waals surface area (Å²) in [5, 5.41) is 6.53. The first kappa shape index (κ1) is 25.7. The number of carbonyl (C=O) groups excluding carboxylic acids is 1. The molecule has 0 radical (unpaired) electrons. The fourth-order valence-corrected chi connectivity index (χ4v) is 3.89. The van der Waals surface area contributed by atoms with Gasteiger partial charge < -0.3 is 20.1 Å². The number of hydrogen-bond donors (Lipinski definition) is 2. The number of anilines is 1. The monoisotopic (exact) mass is 576 g/mol. The Balaban J connectivity index is 0.00000324. The van der Waals surface area contributed by atoms with E-state index in [1.165, 1.54) is 6.07 Å². The maximum Gasteiger partial charge on any atom is 0.227 e. The first-order valence-corrected chi connectivity index (χ1v) is 11.3. The van der Waals surface area contributed by atoms with Crippen molar-refractivity contribution in [1.82, 2.24) is 20.2 Å². The molecule has 0 bridgehead atoms. The summed E-state index contributed by atoms with van der Waals surface area (Å²) in [5.41, 5.74) is 3.29. The van der Waals surface area contributed by atoms with Crippen LogP contribution >= 0.6 is 24.0 Å². The fourth-order valence-electron chi connectivity index (χ4n) is 3.89. The topological polar surface area (TPSA) is 74.6 Å². The predicted octanol–water partition coefficient (Wildman–Crippen LogP) is 4.32. The van der Waals surface area contributed by atoms with Crippen molar-refractivity contribution in [2.24, 2.45) is 4.99 Å². The van der Waals surface area contributed by atoms with Gasteiger partial charge in [-0.05, 0) is 55.7 Å². The number of nitrogens with one attached hydrogen (secondary N) is 2. The van der Waals surface area contributed by atoms with Gasteiger partial charge in [0.25, 0.3) is 0 Å². The van der Waals surface area contributed by atoms with E-state index in [2.05, 4.69) is 20.6 Å². The van der Waals surface area contributed by atoms with E-state index in [1.807, 2.05) is 49.1 Å². The second-order valence-electron chi connectivity index (χ2n) is 7.99. The van der Waals surface area contributed by atoms with E-state index in [0.29, 0.717) is 31.2 Å². The van der Waals surface area contributed by atoms with Gasteiger partial charge in [-0.25, -0.2) is 14.4 Å². The number of nitrogens with zero attached hydrogens (tertiary/aromatic N) is 4. The maximum atomic E-state index is 14.7. The molecule has 1 aromatic heterocycles.